The molecule has 0 saturated heterocycles. The molecule has 2 rings (SSSR count). The van der Waals surface area contributed by atoms with Crippen LogP contribution in [-0.4, -0.2) is 35.9 Å². The van der Waals surface area contributed by atoms with Gasteiger partial charge in [-0.3, -0.25) is 9.78 Å². The van der Waals surface area contributed by atoms with Crippen LogP contribution in [0.25, 0.3) is 0 Å². The van der Waals surface area contributed by atoms with Gasteiger partial charge in [-0.1, -0.05) is 6.07 Å². The molecule has 1 fully saturated rings. The molecule has 1 aliphatic rings. The van der Waals surface area contributed by atoms with E-state index in [1.54, 1.807) is 11.1 Å². The van der Waals surface area contributed by atoms with Crippen molar-refractivity contribution in [3.8, 4) is 0 Å². The number of amides is 1. The Kier molecular flexibility index (Phi) is 3.43. The molecule has 0 spiro atoms. The number of hydrogen-bond donors (Lipinski definition) is 1. The summed E-state index contributed by atoms with van der Waals surface area (Å²) < 4.78 is 0. The van der Waals surface area contributed by atoms with Crippen molar-refractivity contribution < 1.29 is 4.79 Å². The summed E-state index contributed by atoms with van der Waals surface area (Å²) in [4.78, 5) is 18.1. The molecule has 1 aromatic rings. The molecule has 17 heavy (non-hydrogen) atoms. The first kappa shape index (κ1) is 12.0. The molecule has 0 radical (unpaired) electrons. The molecular formula is C13H19N3O. The zero-order valence-electron chi connectivity index (χ0n) is 10.2. The molecule has 0 unspecified atom stereocenters. The summed E-state index contributed by atoms with van der Waals surface area (Å²) in [5.41, 5.74) is 6.44. The van der Waals surface area contributed by atoms with Gasteiger partial charge in [0.15, 0.2) is 0 Å². The number of rotatable bonds is 5. The molecule has 0 aliphatic heterocycles. The number of carbonyl (C=O) groups excluding carboxylic acids is 1. The summed E-state index contributed by atoms with van der Waals surface area (Å²) in [7, 11) is 1.85. The first-order chi connectivity index (χ1) is 8.18. The largest absolute Gasteiger partial charge is 0.345 e. The average molecular weight is 233 g/mol. The third-order valence-corrected chi connectivity index (χ3v) is 3.47. The summed E-state index contributed by atoms with van der Waals surface area (Å²) in [5.74, 6) is 0.191. The van der Waals surface area contributed by atoms with Crippen molar-refractivity contribution in [2.45, 2.75) is 19.3 Å². The highest BCUT2D eigenvalue weighted by atomic mass is 16.2. The van der Waals surface area contributed by atoms with Gasteiger partial charge in [0, 0.05) is 38.4 Å². The van der Waals surface area contributed by atoms with E-state index in [-0.39, 0.29) is 11.3 Å². The Morgan fingerprint density at radius 2 is 2.29 bits per heavy atom. The smallest absolute Gasteiger partial charge is 0.229 e. The van der Waals surface area contributed by atoms with Crippen LogP contribution in [0, 0.1) is 5.41 Å². The maximum Gasteiger partial charge on any atom is 0.229 e. The fourth-order valence-corrected chi connectivity index (χ4v) is 1.99. The first-order valence-corrected chi connectivity index (χ1v) is 6.03. The number of nitrogens with zero attached hydrogens (tertiary/aromatic N) is 2. The Morgan fingerprint density at radius 1 is 1.53 bits per heavy atom. The van der Waals surface area contributed by atoms with Crippen LogP contribution >= 0.6 is 0 Å². The van der Waals surface area contributed by atoms with E-state index in [0.29, 0.717) is 13.1 Å². The highest BCUT2D eigenvalue weighted by Crippen LogP contribution is 2.45. The zero-order valence-corrected chi connectivity index (χ0v) is 10.2. The molecule has 4 nitrogen and oxygen atoms in total. The van der Waals surface area contributed by atoms with Gasteiger partial charge in [-0.25, -0.2) is 0 Å². The molecule has 1 aliphatic carbocycles. The average Bonchev–Trinajstić information content (AvgIpc) is 3.17. The minimum Gasteiger partial charge on any atom is -0.345 e. The predicted octanol–water partition coefficient (Wildman–Crippen LogP) is 0.821. The lowest BCUT2D eigenvalue weighted by Gasteiger charge is -2.22. The van der Waals surface area contributed by atoms with E-state index in [1.807, 2.05) is 25.2 Å². The van der Waals surface area contributed by atoms with Crippen LogP contribution in [-0.2, 0) is 11.2 Å². The summed E-state index contributed by atoms with van der Waals surface area (Å²) in [6, 6.07) is 5.84. The second-order valence-electron chi connectivity index (χ2n) is 4.78. The summed E-state index contributed by atoms with van der Waals surface area (Å²) in [5, 5.41) is 0. The standard InChI is InChI=1S/C13H19N3O/c1-16(12(17)13(10-14)6-7-13)9-5-11-4-2-3-8-15-11/h2-4,8H,5-7,9-10,14H2,1H3. The fraction of sp³-hybridized carbons (Fsp3) is 0.538. The van der Waals surface area contributed by atoms with E-state index < -0.39 is 0 Å². The van der Waals surface area contributed by atoms with E-state index in [9.17, 15) is 4.79 Å². The Balaban J connectivity index is 1.86. The molecule has 1 saturated carbocycles. The first-order valence-electron chi connectivity index (χ1n) is 6.03. The minimum atomic E-state index is -0.237. The van der Waals surface area contributed by atoms with Crippen LogP contribution < -0.4 is 5.73 Å². The van der Waals surface area contributed by atoms with Crippen molar-refractivity contribution in [1.82, 2.24) is 9.88 Å². The van der Waals surface area contributed by atoms with Crippen LogP contribution in [0.3, 0.4) is 0 Å². The van der Waals surface area contributed by atoms with E-state index in [2.05, 4.69) is 4.98 Å². The molecule has 4 heteroatoms. The third kappa shape index (κ3) is 2.64. The quantitative estimate of drug-likeness (QED) is 0.819. The Hall–Kier alpha value is -1.42. The molecule has 0 aromatic carbocycles. The Labute approximate surface area is 102 Å². The zero-order chi connectivity index (χ0) is 12.3. The monoisotopic (exact) mass is 233 g/mol. The predicted molar refractivity (Wildman–Crippen MR) is 66.3 cm³/mol. The lowest BCUT2D eigenvalue weighted by molar-refractivity contribution is -0.135. The normalized spacial score (nSPS) is 16.6. The van der Waals surface area contributed by atoms with E-state index >= 15 is 0 Å². The maximum absolute atomic E-state index is 12.1. The van der Waals surface area contributed by atoms with Gasteiger partial charge in [0.05, 0.1) is 5.41 Å². The van der Waals surface area contributed by atoms with Gasteiger partial charge in [0.2, 0.25) is 5.91 Å². The number of carbonyl (C=O) groups is 1. The van der Waals surface area contributed by atoms with E-state index in [4.69, 9.17) is 5.73 Å². The van der Waals surface area contributed by atoms with Crippen LogP contribution in [0.5, 0.6) is 0 Å². The van der Waals surface area contributed by atoms with Crippen molar-refractivity contribution in [2.24, 2.45) is 11.1 Å². The SMILES string of the molecule is CN(CCc1ccccn1)C(=O)C1(CN)CC1. The molecule has 1 amide bonds. The second-order valence-corrected chi connectivity index (χ2v) is 4.78. The lowest BCUT2D eigenvalue weighted by atomic mass is 10.1. The van der Waals surface area contributed by atoms with Crippen molar-refractivity contribution in [2.75, 3.05) is 20.1 Å². The summed E-state index contributed by atoms with van der Waals surface area (Å²) in [6.45, 7) is 1.18. The van der Waals surface area contributed by atoms with E-state index in [1.165, 1.54) is 0 Å². The molecule has 2 N–H and O–H groups in total. The number of hydrogen-bond acceptors (Lipinski definition) is 3. The number of nitrogens with two attached hydrogens (primary N) is 1. The highest BCUT2D eigenvalue weighted by Gasteiger charge is 2.49. The Bertz CT molecular complexity index is 387. The lowest BCUT2D eigenvalue weighted by Crippen LogP contribution is -2.39. The van der Waals surface area contributed by atoms with Crippen molar-refractivity contribution in [3.05, 3.63) is 30.1 Å². The van der Waals surface area contributed by atoms with Gasteiger partial charge in [0.25, 0.3) is 0 Å². The van der Waals surface area contributed by atoms with Gasteiger partial charge in [-0.2, -0.15) is 0 Å². The number of pyridine rings is 1. The van der Waals surface area contributed by atoms with Crippen molar-refractivity contribution >= 4 is 5.91 Å². The van der Waals surface area contributed by atoms with Gasteiger partial charge >= 0.3 is 0 Å². The van der Waals surface area contributed by atoms with Crippen molar-refractivity contribution in [3.63, 3.8) is 0 Å². The fourth-order valence-electron chi connectivity index (χ4n) is 1.99. The van der Waals surface area contributed by atoms with Crippen molar-refractivity contribution in [1.29, 1.82) is 0 Å². The molecule has 92 valence electrons. The Morgan fingerprint density at radius 3 is 2.82 bits per heavy atom. The summed E-state index contributed by atoms with van der Waals surface area (Å²) in [6.07, 6.45) is 4.45. The number of aromatic nitrogens is 1. The van der Waals surface area contributed by atoms with Crippen LogP contribution in [0.1, 0.15) is 18.5 Å². The van der Waals surface area contributed by atoms with Gasteiger partial charge in [-0.15, -0.1) is 0 Å². The molecule has 0 bridgehead atoms. The molecular weight excluding hydrogens is 214 g/mol. The minimum absolute atomic E-state index is 0.191. The highest BCUT2D eigenvalue weighted by molar-refractivity contribution is 5.85. The topological polar surface area (TPSA) is 59.2 Å². The number of likely N-dealkylation sites (N-methyl/N-ethyl adjacent to an activating group) is 1. The van der Waals surface area contributed by atoms with Gasteiger partial charge < -0.3 is 10.6 Å². The second kappa shape index (κ2) is 4.84. The van der Waals surface area contributed by atoms with Gasteiger partial charge in [0.1, 0.15) is 0 Å². The third-order valence-electron chi connectivity index (χ3n) is 3.47. The molecule has 1 aromatic heterocycles. The van der Waals surface area contributed by atoms with E-state index in [0.717, 1.165) is 25.0 Å². The molecule has 1 heterocycles. The van der Waals surface area contributed by atoms with Crippen LogP contribution in [0.2, 0.25) is 0 Å². The van der Waals surface area contributed by atoms with Crippen LogP contribution in [0.15, 0.2) is 24.4 Å². The molecule has 0 atom stereocenters. The van der Waals surface area contributed by atoms with Crippen LogP contribution in [0.4, 0.5) is 0 Å². The summed E-state index contributed by atoms with van der Waals surface area (Å²) >= 11 is 0. The maximum atomic E-state index is 12.1. The van der Waals surface area contributed by atoms with Gasteiger partial charge in [-0.05, 0) is 25.0 Å².